The van der Waals surface area contributed by atoms with Crippen molar-refractivity contribution in [2.45, 2.75) is 26.7 Å². The zero-order valence-electron chi connectivity index (χ0n) is 15.1. The Bertz CT molecular complexity index is 922. The predicted octanol–water partition coefficient (Wildman–Crippen LogP) is 2.66. The molecule has 0 unspecified atom stereocenters. The van der Waals surface area contributed by atoms with E-state index in [1.165, 1.54) is 7.11 Å². The van der Waals surface area contributed by atoms with E-state index in [1.807, 2.05) is 24.3 Å². The number of nitrogens with one attached hydrogen (secondary N) is 3. The summed E-state index contributed by atoms with van der Waals surface area (Å²) in [7, 11) is 1.33. The van der Waals surface area contributed by atoms with Gasteiger partial charge in [-0.15, -0.1) is 0 Å². The molecular formula is C19H22N4O3. The Morgan fingerprint density at radius 1 is 1.19 bits per heavy atom. The van der Waals surface area contributed by atoms with Crippen LogP contribution >= 0.6 is 0 Å². The van der Waals surface area contributed by atoms with Gasteiger partial charge in [0.2, 0.25) is 0 Å². The Kier molecular flexibility index (Phi) is 5.06. The largest absolute Gasteiger partial charge is 0.465 e. The van der Waals surface area contributed by atoms with Crippen molar-refractivity contribution < 1.29 is 14.3 Å². The third kappa shape index (κ3) is 3.46. The molecule has 1 aromatic carbocycles. The number of carbonyl (C=O) groups is 2. The molecule has 3 N–H and O–H groups in total. The number of aromatic nitrogens is 3. The number of para-hydroxylation sites is 2. The van der Waals surface area contributed by atoms with Gasteiger partial charge in [-0.2, -0.15) is 0 Å². The second kappa shape index (κ2) is 7.43. The van der Waals surface area contributed by atoms with Crippen LogP contribution in [0.4, 0.5) is 0 Å². The highest BCUT2D eigenvalue weighted by atomic mass is 16.5. The van der Waals surface area contributed by atoms with Gasteiger partial charge in [-0.05, 0) is 38.0 Å². The lowest BCUT2D eigenvalue weighted by Gasteiger charge is -2.04. The van der Waals surface area contributed by atoms with Gasteiger partial charge < -0.3 is 20.0 Å². The number of hydrogen-bond donors (Lipinski definition) is 3. The van der Waals surface area contributed by atoms with Crippen LogP contribution in [0, 0.1) is 13.8 Å². The first kappa shape index (κ1) is 17.7. The van der Waals surface area contributed by atoms with Crippen LogP contribution in [0.2, 0.25) is 0 Å². The van der Waals surface area contributed by atoms with Gasteiger partial charge in [0.05, 0.1) is 23.7 Å². The fourth-order valence-corrected chi connectivity index (χ4v) is 3.06. The smallest absolute Gasteiger partial charge is 0.339 e. The minimum atomic E-state index is -0.444. The number of carbonyl (C=O) groups excluding carboxylic acids is 2. The summed E-state index contributed by atoms with van der Waals surface area (Å²) in [6.07, 6.45) is 1.50. The van der Waals surface area contributed by atoms with Gasteiger partial charge in [-0.3, -0.25) is 4.79 Å². The number of fused-ring (bicyclic) bond motifs is 1. The van der Waals surface area contributed by atoms with E-state index >= 15 is 0 Å². The number of nitrogens with zero attached hydrogens (tertiary/aromatic N) is 1. The molecule has 136 valence electrons. The van der Waals surface area contributed by atoms with E-state index in [4.69, 9.17) is 4.74 Å². The molecular weight excluding hydrogens is 332 g/mol. The summed E-state index contributed by atoms with van der Waals surface area (Å²) < 4.78 is 4.76. The Labute approximate surface area is 151 Å². The van der Waals surface area contributed by atoms with Crippen LogP contribution in [-0.4, -0.2) is 40.5 Å². The highest BCUT2D eigenvalue weighted by Crippen LogP contribution is 2.18. The normalized spacial score (nSPS) is 10.9. The molecule has 0 saturated carbocycles. The van der Waals surface area contributed by atoms with E-state index in [9.17, 15) is 9.59 Å². The number of ether oxygens (including phenoxy) is 1. The topological polar surface area (TPSA) is 99.9 Å². The zero-order chi connectivity index (χ0) is 18.7. The standard InChI is InChI=1S/C19H22N4O3/c1-11-16(19(25)26-3)12(2)21-17(11)18(24)20-10-6-9-15-22-13-7-4-5-8-14(13)23-15/h4-5,7-8,21H,6,9-10H2,1-3H3,(H,20,24)(H,22,23). The fraction of sp³-hybridized carbons (Fsp3) is 0.316. The average Bonchev–Trinajstić information content (AvgIpc) is 3.18. The average molecular weight is 354 g/mol. The highest BCUT2D eigenvalue weighted by Gasteiger charge is 2.22. The number of rotatable bonds is 6. The van der Waals surface area contributed by atoms with Crippen molar-refractivity contribution in [3.8, 4) is 0 Å². The molecule has 7 nitrogen and oxygen atoms in total. The number of aryl methyl sites for hydroxylation is 2. The van der Waals surface area contributed by atoms with Crippen molar-refractivity contribution >= 4 is 22.9 Å². The minimum Gasteiger partial charge on any atom is -0.465 e. The maximum atomic E-state index is 12.4. The number of methoxy groups -OCH3 is 1. The van der Waals surface area contributed by atoms with Gasteiger partial charge in [-0.25, -0.2) is 9.78 Å². The molecule has 0 atom stereocenters. The Morgan fingerprint density at radius 3 is 2.69 bits per heavy atom. The Hall–Kier alpha value is -3.09. The number of aromatic amines is 2. The molecule has 2 heterocycles. The van der Waals surface area contributed by atoms with Gasteiger partial charge in [0.15, 0.2) is 0 Å². The van der Waals surface area contributed by atoms with Crippen LogP contribution in [0.5, 0.6) is 0 Å². The van der Waals surface area contributed by atoms with E-state index in [2.05, 4.69) is 20.3 Å². The fourth-order valence-electron chi connectivity index (χ4n) is 3.06. The predicted molar refractivity (Wildman–Crippen MR) is 98.4 cm³/mol. The van der Waals surface area contributed by atoms with Crippen LogP contribution in [0.25, 0.3) is 11.0 Å². The van der Waals surface area contributed by atoms with Gasteiger partial charge in [-0.1, -0.05) is 12.1 Å². The van der Waals surface area contributed by atoms with Gasteiger partial charge in [0.1, 0.15) is 11.5 Å². The summed E-state index contributed by atoms with van der Waals surface area (Å²) >= 11 is 0. The molecule has 0 aliphatic heterocycles. The molecule has 0 radical (unpaired) electrons. The van der Waals surface area contributed by atoms with Crippen molar-refractivity contribution in [2.75, 3.05) is 13.7 Å². The number of amides is 1. The highest BCUT2D eigenvalue weighted by molar-refractivity contribution is 6.00. The van der Waals surface area contributed by atoms with Crippen LogP contribution in [0.15, 0.2) is 24.3 Å². The first-order valence-corrected chi connectivity index (χ1v) is 8.50. The summed E-state index contributed by atoms with van der Waals surface area (Å²) in [5, 5.41) is 2.88. The van der Waals surface area contributed by atoms with E-state index in [1.54, 1.807) is 13.8 Å². The van der Waals surface area contributed by atoms with Crippen LogP contribution < -0.4 is 5.32 Å². The van der Waals surface area contributed by atoms with E-state index in [0.717, 1.165) is 29.7 Å². The lowest BCUT2D eigenvalue weighted by molar-refractivity contribution is 0.0599. The molecule has 1 amide bonds. The summed E-state index contributed by atoms with van der Waals surface area (Å²) in [6.45, 7) is 4.00. The van der Waals surface area contributed by atoms with Crippen LogP contribution in [0.3, 0.4) is 0 Å². The number of benzene rings is 1. The molecule has 7 heteroatoms. The van der Waals surface area contributed by atoms with Crippen molar-refractivity contribution in [2.24, 2.45) is 0 Å². The van der Waals surface area contributed by atoms with E-state index < -0.39 is 5.97 Å². The molecule has 3 aromatic rings. The molecule has 0 aliphatic carbocycles. The molecule has 0 spiro atoms. The molecule has 3 rings (SSSR count). The molecule has 0 saturated heterocycles. The lowest BCUT2D eigenvalue weighted by atomic mass is 10.1. The van der Waals surface area contributed by atoms with E-state index in [-0.39, 0.29) is 5.91 Å². The Balaban J connectivity index is 1.56. The molecule has 0 bridgehead atoms. The maximum absolute atomic E-state index is 12.4. The summed E-state index contributed by atoms with van der Waals surface area (Å²) in [6, 6.07) is 7.87. The summed E-state index contributed by atoms with van der Waals surface area (Å²) in [5.74, 6) is 0.228. The van der Waals surface area contributed by atoms with Crippen molar-refractivity contribution in [1.82, 2.24) is 20.3 Å². The van der Waals surface area contributed by atoms with Gasteiger partial charge in [0.25, 0.3) is 5.91 Å². The van der Waals surface area contributed by atoms with Gasteiger partial charge in [0, 0.05) is 18.7 Å². The number of H-pyrrole nitrogens is 2. The molecule has 2 aromatic heterocycles. The number of imidazole rings is 1. The summed E-state index contributed by atoms with van der Waals surface area (Å²) in [5.41, 5.74) is 4.00. The quantitative estimate of drug-likeness (QED) is 0.468. The van der Waals surface area contributed by atoms with Gasteiger partial charge >= 0.3 is 5.97 Å². The third-order valence-electron chi connectivity index (χ3n) is 4.37. The first-order chi connectivity index (χ1) is 12.5. The van der Waals surface area contributed by atoms with Crippen LogP contribution in [0.1, 0.15) is 44.3 Å². The zero-order valence-corrected chi connectivity index (χ0v) is 15.1. The first-order valence-electron chi connectivity index (χ1n) is 8.50. The monoisotopic (exact) mass is 354 g/mol. The number of hydrogen-bond acceptors (Lipinski definition) is 4. The van der Waals surface area contributed by atoms with Crippen LogP contribution in [-0.2, 0) is 11.2 Å². The van der Waals surface area contributed by atoms with Crippen molar-refractivity contribution in [3.63, 3.8) is 0 Å². The van der Waals surface area contributed by atoms with E-state index in [0.29, 0.717) is 29.1 Å². The maximum Gasteiger partial charge on any atom is 0.339 e. The second-order valence-electron chi connectivity index (χ2n) is 6.18. The Morgan fingerprint density at radius 2 is 1.96 bits per heavy atom. The molecule has 0 fully saturated rings. The molecule has 0 aliphatic rings. The summed E-state index contributed by atoms with van der Waals surface area (Å²) in [4.78, 5) is 34.9. The van der Waals surface area contributed by atoms with Crippen molar-refractivity contribution in [3.05, 3.63) is 52.6 Å². The second-order valence-corrected chi connectivity index (χ2v) is 6.18. The minimum absolute atomic E-state index is 0.231. The van der Waals surface area contributed by atoms with Crippen molar-refractivity contribution in [1.29, 1.82) is 0 Å². The molecule has 26 heavy (non-hydrogen) atoms. The number of esters is 1. The SMILES string of the molecule is COC(=O)c1c(C)[nH]c(C(=O)NCCCc2nc3ccccc3[nH]2)c1C. The lowest BCUT2D eigenvalue weighted by Crippen LogP contribution is -2.26. The third-order valence-corrected chi connectivity index (χ3v) is 4.37.